The predicted octanol–water partition coefficient (Wildman–Crippen LogP) is 1.64. The Bertz CT molecular complexity index is 648. The van der Waals surface area contributed by atoms with Gasteiger partial charge in [-0.15, -0.1) is 0 Å². The van der Waals surface area contributed by atoms with Crippen molar-refractivity contribution < 1.29 is 9.53 Å². The monoisotopic (exact) mass is 314 g/mol. The first-order chi connectivity index (χ1) is 11.2. The largest absolute Gasteiger partial charge is 0.368 e. The number of piperidine rings is 1. The van der Waals surface area contributed by atoms with Crippen LogP contribution in [0.2, 0.25) is 0 Å². The van der Waals surface area contributed by atoms with Gasteiger partial charge in [0.15, 0.2) is 0 Å². The number of rotatable bonds is 5. The molecule has 0 radical (unpaired) electrons. The fourth-order valence-electron chi connectivity index (χ4n) is 2.88. The molecule has 1 aromatic carbocycles. The van der Waals surface area contributed by atoms with Gasteiger partial charge in [-0.3, -0.25) is 9.48 Å². The number of amides is 1. The van der Waals surface area contributed by atoms with Crippen LogP contribution in [0.15, 0.2) is 42.7 Å². The molecule has 1 saturated heterocycles. The molecule has 0 bridgehead atoms. The second kappa shape index (κ2) is 6.93. The van der Waals surface area contributed by atoms with Gasteiger partial charge in [0.2, 0.25) is 0 Å². The Morgan fingerprint density at radius 1 is 1.35 bits per heavy atom. The van der Waals surface area contributed by atoms with Crippen LogP contribution < -0.4 is 10.6 Å². The molecule has 6 heteroatoms. The van der Waals surface area contributed by atoms with E-state index in [0.717, 1.165) is 13.1 Å². The van der Waals surface area contributed by atoms with Crippen LogP contribution in [0.25, 0.3) is 0 Å². The van der Waals surface area contributed by atoms with Crippen molar-refractivity contribution in [2.45, 2.75) is 25.0 Å². The van der Waals surface area contributed by atoms with Gasteiger partial charge >= 0.3 is 0 Å². The molecule has 122 valence electrons. The number of nitrogens with one attached hydrogen (secondary N) is 2. The van der Waals surface area contributed by atoms with E-state index < -0.39 is 5.60 Å². The van der Waals surface area contributed by atoms with E-state index in [9.17, 15) is 4.79 Å². The van der Waals surface area contributed by atoms with Crippen molar-refractivity contribution >= 4 is 11.6 Å². The smallest absolute Gasteiger partial charge is 0.256 e. The topological polar surface area (TPSA) is 68.2 Å². The average Bonchev–Trinajstić information content (AvgIpc) is 3.03. The lowest BCUT2D eigenvalue weighted by Crippen LogP contribution is -2.51. The fraction of sp³-hybridized carbons (Fsp3) is 0.412. The Hall–Kier alpha value is -2.18. The molecule has 2 aromatic rings. The molecule has 2 N–H and O–H groups in total. The van der Waals surface area contributed by atoms with Gasteiger partial charge in [0, 0.05) is 13.3 Å². The Labute approximate surface area is 135 Å². The highest BCUT2D eigenvalue weighted by Crippen LogP contribution is 2.24. The lowest BCUT2D eigenvalue weighted by atomic mass is 9.91. The molecule has 1 aromatic heterocycles. The Morgan fingerprint density at radius 3 is 2.78 bits per heavy atom. The van der Waals surface area contributed by atoms with E-state index in [2.05, 4.69) is 27.9 Å². The van der Waals surface area contributed by atoms with Gasteiger partial charge in [-0.05, 0) is 31.5 Å². The van der Waals surface area contributed by atoms with E-state index in [4.69, 9.17) is 4.74 Å². The third-order valence-corrected chi connectivity index (χ3v) is 4.29. The molecular weight excluding hydrogens is 292 g/mol. The summed E-state index contributed by atoms with van der Waals surface area (Å²) in [5.74, 6) is -0.0965. The zero-order chi connectivity index (χ0) is 16.1. The summed E-state index contributed by atoms with van der Waals surface area (Å²) in [5.41, 5.74) is 1.12. The Morgan fingerprint density at radius 2 is 2.09 bits per heavy atom. The van der Waals surface area contributed by atoms with Crippen molar-refractivity contribution in [3.8, 4) is 0 Å². The first-order valence-electron chi connectivity index (χ1n) is 7.85. The molecule has 0 spiro atoms. The number of anilines is 1. The summed E-state index contributed by atoms with van der Waals surface area (Å²) in [6.07, 6.45) is 4.86. The van der Waals surface area contributed by atoms with Crippen LogP contribution in [0.5, 0.6) is 0 Å². The quantitative estimate of drug-likeness (QED) is 0.880. The third-order valence-electron chi connectivity index (χ3n) is 4.29. The van der Waals surface area contributed by atoms with Crippen LogP contribution in [0.1, 0.15) is 18.4 Å². The predicted molar refractivity (Wildman–Crippen MR) is 88.2 cm³/mol. The number of methoxy groups -OCH3 is 1. The summed E-state index contributed by atoms with van der Waals surface area (Å²) >= 11 is 0. The summed E-state index contributed by atoms with van der Waals surface area (Å²) in [5, 5.41) is 10.5. The van der Waals surface area contributed by atoms with E-state index in [1.807, 2.05) is 29.1 Å². The van der Waals surface area contributed by atoms with Gasteiger partial charge in [-0.2, -0.15) is 5.10 Å². The van der Waals surface area contributed by atoms with Crippen molar-refractivity contribution in [1.82, 2.24) is 15.1 Å². The number of aromatic nitrogens is 2. The summed E-state index contributed by atoms with van der Waals surface area (Å²) < 4.78 is 7.35. The van der Waals surface area contributed by atoms with Crippen molar-refractivity contribution in [1.29, 1.82) is 0 Å². The van der Waals surface area contributed by atoms with Gasteiger partial charge in [0.05, 0.1) is 18.4 Å². The summed E-state index contributed by atoms with van der Waals surface area (Å²) in [4.78, 5) is 12.6. The molecule has 0 aliphatic carbocycles. The lowest BCUT2D eigenvalue weighted by molar-refractivity contribution is -0.140. The minimum atomic E-state index is -0.743. The molecule has 0 atom stereocenters. The van der Waals surface area contributed by atoms with E-state index in [1.165, 1.54) is 5.56 Å². The molecule has 1 amide bonds. The second-order valence-electron chi connectivity index (χ2n) is 5.81. The zero-order valence-electron chi connectivity index (χ0n) is 13.3. The Balaban J connectivity index is 1.65. The molecular formula is C17H22N4O2. The molecule has 2 heterocycles. The minimum absolute atomic E-state index is 0.0965. The van der Waals surface area contributed by atoms with Gasteiger partial charge in [-0.1, -0.05) is 30.3 Å². The molecule has 0 saturated carbocycles. The summed E-state index contributed by atoms with van der Waals surface area (Å²) in [6.45, 7) is 2.25. The summed E-state index contributed by atoms with van der Waals surface area (Å²) in [7, 11) is 1.60. The first-order valence-corrected chi connectivity index (χ1v) is 7.85. The summed E-state index contributed by atoms with van der Waals surface area (Å²) in [6, 6.07) is 10.1. The van der Waals surface area contributed by atoms with Crippen molar-refractivity contribution in [3.05, 3.63) is 48.3 Å². The maximum Gasteiger partial charge on any atom is 0.256 e. The minimum Gasteiger partial charge on any atom is -0.368 e. The van der Waals surface area contributed by atoms with Gasteiger partial charge < -0.3 is 15.4 Å². The highest BCUT2D eigenvalue weighted by atomic mass is 16.5. The molecule has 6 nitrogen and oxygen atoms in total. The maximum atomic E-state index is 12.6. The van der Waals surface area contributed by atoms with Crippen molar-refractivity contribution in [3.63, 3.8) is 0 Å². The number of carbonyl (C=O) groups is 1. The maximum absolute atomic E-state index is 12.6. The van der Waals surface area contributed by atoms with Gasteiger partial charge in [0.1, 0.15) is 5.60 Å². The normalized spacial score (nSPS) is 16.9. The van der Waals surface area contributed by atoms with E-state index in [0.29, 0.717) is 25.1 Å². The van der Waals surface area contributed by atoms with Crippen LogP contribution in [0.4, 0.5) is 5.69 Å². The number of hydrogen-bond acceptors (Lipinski definition) is 4. The first kappa shape index (κ1) is 15.7. The van der Waals surface area contributed by atoms with Crippen LogP contribution in [-0.2, 0) is 16.1 Å². The molecule has 1 aliphatic heterocycles. The standard InChI is InChI=1S/C17H22N4O2/c1-23-17(7-9-18-10-8-17)16(22)20-15-11-19-21(13-15)12-14-5-3-2-4-6-14/h2-6,11,13,18H,7-10,12H2,1H3,(H,20,22). The van der Waals surface area contributed by atoms with Gasteiger partial charge in [-0.25, -0.2) is 0 Å². The number of benzene rings is 1. The number of nitrogens with zero attached hydrogens (tertiary/aromatic N) is 2. The molecule has 1 fully saturated rings. The molecule has 1 aliphatic rings. The fourth-order valence-corrected chi connectivity index (χ4v) is 2.88. The zero-order valence-corrected chi connectivity index (χ0v) is 13.3. The van der Waals surface area contributed by atoms with E-state index in [-0.39, 0.29) is 5.91 Å². The Kier molecular flexibility index (Phi) is 4.73. The molecule has 3 rings (SSSR count). The van der Waals surface area contributed by atoms with Crippen LogP contribution in [-0.4, -0.2) is 41.5 Å². The van der Waals surface area contributed by atoms with E-state index in [1.54, 1.807) is 13.3 Å². The van der Waals surface area contributed by atoms with Crippen LogP contribution >= 0.6 is 0 Å². The number of ether oxygens (including phenoxy) is 1. The van der Waals surface area contributed by atoms with Crippen LogP contribution in [0.3, 0.4) is 0 Å². The molecule has 0 unspecified atom stereocenters. The third kappa shape index (κ3) is 3.60. The lowest BCUT2D eigenvalue weighted by Gasteiger charge is -2.34. The molecule has 23 heavy (non-hydrogen) atoms. The van der Waals surface area contributed by atoms with Crippen molar-refractivity contribution in [2.75, 3.05) is 25.5 Å². The van der Waals surface area contributed by atoms with E-state index >= 15 is 0 Å². The number of carbonyl (C=O) groups excluding carboxylic acids is 1. The average molecular weight is 314 g/mol. The highest BCUT2D eigenvalue weighted by Gasteiger charge is 2.39. The number of hydrogen-bond donors (Lipinski definition) is 2. The van der Waals surface area contributed by atoms with Gasteiger partial charge in [0.25, 0.3) is 5.91 Å². The second-order valence-corrected chi connectivity index (χ2v) is 5.81. The highest BCUT2D eigenvalue weighted by molar-refractivity contribution is 5.97. The van der Waals surface area contributed by atoms with Crippen molar-refractivity contribution in [2.24, 2.45) is 0 Å². The SMILES string of the molecule is COC1(C(=O)Nc2cnn(Cc3ccccc3)c2)CCNCC1. The van der Waals surface area contributed by atoms with Crippen LogP contribution in [0, 0.1) is 0 Å².